The first kappa shape index (κ1) is 18.3. The summed E-state index contributed by atoms with van der Waals surface area (Å²) in [6.07, 6.45) is 0. The highest BCUT2D eigenvalue weighted by Crippen LogP contribution is 2.33. The van der Waals surface area contributed by atoms with E-state index in [4.69, 9.17) is 9.47 Å². The Morgan fingerprint density at radius 1 is 1.14 bits per heavy atom. The molecule has 8 nitrogen and oxygen atoms in total. The Morgan fingerprint density at radius 2 is 1.86 bits per heavy atom. The van der Waals surface area contributed by atoms with Gasteiger partial charge in [-0.15, -0.1) is 0 Å². The number of rotatable bonds is 4. The van der Waals surface area contributed by atoms with Crippen LogP contribution in [0.1, 0.15) is 28.9 Å². The van der Waals surface area contributed by atoms with Gasteiger partial charge < -0.3 is 14.8 Å². The Hall–Kier alpha value is -3.07. The van der Waals surface area contributed by atoms with E-state index >= 15 is 0 Å². The van der Waals surface area contributed by atoms with Crippen molar-refractivity contribution in [2.45, 2.75) is 17.9 Å². The van der Waals surface area contributed by atoms with Crippen molar-refractivity contribution in [3.05, 3.63) is 53.6 Å². The van der Waals surface area contributed by atoms with Crippen LogP contribution >= 0.6 is 0 Å². The number of amides is 2. The van der Waals surface area contributed by atoms with Gasteiger partial charge in [-0.1, -0.05) is 18.2 Å². The Labute approximate surface area is 162 Å². The fourth-order valence-corrected chi connectivity index (χ4v) is 4.74. The Morgan fingerprint density at radius 3 is 2.61 bits per heavy atom. The van der Waals surface area contributed by atoms with Crippen molar-refractivity contribution in [2.75, 3.05) is 19.8 Å². The molecule has 2 aromatic carbocycles. The SMILES string of the molecule is CC(NC(=O)CN1C(=O)c2ccccc2S1(=O)=O)c1ccc2c(c1)OCCO2. The summed E-state index contributed by atoms with van der Waals surface area (Å²) in [5, 5.41) is 2.72. The number of fused-ring (bicyclic) bond motifs is 2. The number of sulfonamides is 1. The molecule has 9 heteroatoms. The minimum absolute atomic E-state index is 0.0762. The van der Waals surface area contributed by atoms with Crippen LogP contribution in [-0.2, 0) is 14.8 Å². The lowest BCUT2D eigenvalue weighted by atomic mass is 10.1. The largest absolute Gasteiger partial charge is 0.486 e. The highest BCUT2D eigenvalue weighted by molar-refractivity contribution is 7.90. The highest BCUT2D eigenvalue weighted by Gasteiger charge is 2.41. The Balaban J connectivity index is 1.47. The lowest BCUT2D eigenvalue weighted by Gasteiger charge is -2.22. The maximum atomic E-state index is 12.5. The molecule has 28 heavy (non-hydrogen) atoms. The molecule has 2 heterocycles. The summed E-state index contributed by atoms with van der Waals surface area (Å²) in [5.74, 6) is -0.0394. The summed E-state index contributed by atoms with van der Waals surface area (Å²) in [6, 6.07) is 10.8. The van der Waals surface area contributed by atoms with Crippen LogP contribution in [0.3, 0.4) is 0 Å². The molecule has 0 saturated carbocycles. The van der Waals surface area contributed by atoms with Gasteiger partial charge in [-0.3, -0.25) is 9.59 Å². The predicted octanol–water partition coefficient (Wildman–Crippen LogP) is 1.48. The first-order chi connectivity index (χ1) is 13.4. The molecule has 0 aromatic heterocycles. The van der Waals surface area contributed by atoms with E-state index in [1.807, 2.05) is 0 Å². The molecule has 0 spiro atoms. The maximum absolute atomic E-state index is 12.5. The molecule has 1 N–H and O–H groups in total. The van der Waals surface area contributed by atoms with Gasteiger partial charge in [-0.25, -0.2) is 12.7 Å². The molecule has 4 rings (SSSR count). The summed E-state index contributed by atoms with van der Waals surface area (Å²) in [4.78, 5) is 24.8. The van der Waals surface area contributed by atoms with Gasteiger partial charge in [0.05, 0.1) is 11.6 Å². The van der Waals surface area contributed by atoms with Crippen molar-refractivity contribution in [3.8, 4) is 11.5 Å². The highest BCUT2D eigenvalue weighted by atomic mass is 32.2. The zero-order valence-corrected chi connectivity index (χ0v) is 15.9. The molecule has 0 fully saturated rings. The average molecular weight is 402 g/mol. The van der Waals surface area contributed by atoms with E-state index in [0.717, 1.165) is 5.56 Å². The second-order valence-electron chi connectivity index (χ2n) is 6.51. The first-order valence-electron chi connectivity index (χ1n) is 8.73. The van der Waals surface area contributed by atoms with E-state index in [-0.39, 0.29) is 10.5 Å². The molecule has 2 aliphatic rings. The first-order valence-corrected chi connectivity index (χ1v) is 10.2. The van der Waals surface area contributed by atoms with Crippen molar-refractivity contribution in [3.63, 3.8) is 0 Å². The topological polar surface area (TPSA) is 102 Å². The quantitative estimate of drug-likeness (QED) is 0.831. The van der Waals surface area contributed by atoms with Crippen LogP contribution < -0.4 is 14.8 Å². The second kappa shape index (κ2) is 6.83. The van der Waals surface area contributed by atoms with E-state index in [1.54, 1.807) is 31.2 Å². The van der Waals surface area contributed by atoms with Crippen LogP contribution in [0.2, 0.25) is 0 Å². The molecule has 2 aromatic rings. The number of nitrogens with zero attached hydrogens (tertiary/aromatic N) is 1. The summed E-state index contributed by atoms with van der Waals surface area (Å²) in [6.45, 7) is 2.12. The van der Waals surface area contributed by atoms with E-state index in [9.17, 15) is 18.0 Å². The molecule has 0 radical (unpaired) electrons. The van der Waals surface area contributed by atoms with Gasteiger partial charge in [0.2, 0.25) is 5.91 Å². The molecule has 0 bridgehead atoms. The normalized spacial score (nSPS) is 17.8. The third-order valence-electron chi connectivity index (χ3n) is 4.64. The molecule has 2 amide bonds. The van der Waals surface area contributed by atoms with Crippen LogP contribution in [-0.4, -0.2) is 44.3 Å². The van der Waals surface area contributed by atoms with Crippen molar-refractivity contribution < 1.29 is 27.5 Å². The minimum atomic E-state index is -4.02. The number of nitrogens with one attached hydrogen (secondary N) is 1. The molecule has 0 saturated heterocycles. The van der Waals surface area contributed by atoms with Crippen molar-refractivity contribution >= 4 is 21.8 Å². The van der Waals surface area contributed by atoms with Crippen LogP contribution in [0.15, 0.2) is 47.4 Å². The third kappa shape index (κ3) is 3.07. The van der Waals surface area contributed by atoms with Crippen molar-refractivity contribution in [1.29, 1.82) is 0 Å². The van der Waals surface area contributed by atoms with Gasteiger partial charge in [-0.2, -0.15) is 0 Å². The van der Waals surface area contributed by atoms with E-state index in [1.165, 1.54) is 18.2 Å². The predicted molar refractivity (Wildman–Crippen MR) is 98.7 cm³/mol. The minimum Gasteiger partial charge on any atom is -0.486 e. The number of carbonyl (C=O) groups excluding carboxylic acids is 2. The fourth-order valence-electron chi connectivity index (χ4n) is 3.22. The van der Waals surface area contributed by atoms with Crippen molar-refractivity contribution in [1.82, 2.24) is 9.62 Å². The number of ether oxygens (including phenoxy) is 2. The molecule has 146 valence electrons. The van der Waals surface area contributed by atoms with Gasteiger partial charge in [0.1, 0.15) is 24.7 Å². The molecule has 1 unspecified atom stereocenters. The zero-order chi connectivity index (χ0) is 19.9. The molecule has 2 aliphatic heterocycles. The van der Waals surface area contributed by atoms with Gasteiger partial charge in [-0.05, 0) is 36.8 Å². The number of benzene rings is 2. The van der Waals surface area contributed by atoms with Crippen LogP contribution in [0.25, 0.3) is 0 Å². The smallest absolute Gasteiger partial charge is 0.269 e. The molecular weight excluding hydrogens is 384 g/mol. The zero-order valence-electron chi connectivity index (χ0n) is 15.0. The number of hydrogen-bond donors (Lipinski definition) is 1. The van der Waals surface area contributed by atoms with Crippen LogP contribution in [0, 0.1) is 0 Å². The van der Waals surface area contributed by atoms with Gasteiger partial charge in [0, 0.05) is 0 Å². The molecule has 1 atom stereocenters. The average Bonchev–Trinajstić information content (AvgIpc) is 2.88. The van der Waals surface area contributed by atoms with Crippen LogP contribution in [0.5, 0.6) is 11.5 Å². The standard InChI is InChI=1S/C19H18N2O6S/c1-12(13-6-7-15-16(10-13)27-9-8-26-15)20-18(22)11-21-19(23)14-4-2-3-5-17(14)28(21,24)25/h2-7,10,12H,8-9,11H2,1H3,(H,20,22). The lowest BCUT2D eigenvalue weighted by Crippen LogP contribution is -2.41. The van der Waals surface area contributed by atoms with Gasteiger partial charge in [0.25, 0.3) is 15.9 Å². The second-order valence-corrected chi connectivity index (χ2v) is 8.34. The number of hydrogen-bond acceptors (Lipinski definition) is 6. The van der Waals surface area contributed by atoms with E-state index in [2.05, 4.69) is 5.32 Å². The van der Waals surface area contributed by atoms with Crippen LogP contribution in [0.4, 0.5) is 0 Å². The lowest BCUT2D eigenvalue weighted by molar-refractivity contribution is -0.121. The Kier molecular flexibility index (Phi) is 4.46. The van der Waals surface area contributed by atoms with E-state index in [0.29, 0.717) is 29.0 Å². The molecule has 0 aliphatic carbocycles. The maximum Gasteiger partial charge on any atom is 0.269 e. The van der Waals surface area contributed by atoms with Gasteiger partial charge in [0.15, 0.2) is 11.5 Å². The van der Waals surface area contributed by atoms with Gasteiger partial charge >= 0.3 is 0 Å². The summed E-state index contributed by atoms with van der Waals surface area (Å²) in [5.41, 5.74) is 0.853. The Bertz CT molecular complexity index is 1070. The monoisotopic (exact) mass is 402 g/mol. The third-order valence-corrected chi connectivity index (χ3v) is 6.43. The summed E-state index contributed by atoms with van der Waals surface area (Å²) >= 11 is 0. The fraction of sp³-hybridized carbons (Fsp3) is 0.263. The summed E-state index contributed by atoms with van der Waals surface area (Å²) in [7, 11) is -4.02. The molecular formula is C19H18N2O6S. The number of carbonyl (C=O) groups is 2. The van der Waals surface area contributed by atoms with Crippen molar-refractivity contribution in [2.24, 2.45) is 0 Å². The van der Waals surface area contributed by atoms with E-state index < -0.39 is 34.4 Å². The summed E-state index contributed by atoms with van der Waals surface area (Å²) < 4.78 is 36.7.